The molecular formula is C16H15Cl2NO. The molecule has 0 fully saturated rings. The Morgan fingerprint density at radius 3 is 2.60 bits per heavy atom. The van der Waals surface area contributed by atoms with Crippen LogP contribution in [0.1, 0.15) is 36.3 Å². The van der Waals surface area contributed by atoms with Crippen molar-refractivity contribution in [1.29, 1.82) is 0 Å². The van der Waals surface area contributed by atoms with Gasteiger partial charge < -0.3 is 4.57 Å². The number of ketones is 1. The van der Waals surface area contributed by atoms with Crippen molar-refractivity contribution in [1.82, 2.24) is 4.57 Å². The lowest BCUT2D eigenvalue weighted by atomic mass is 9.76. The predicted molar refractivity (Wildman–Crippen MR) is 82.2 cm³/mol. The quantitative estimate of drug-likeness (QED) is 0.731. The smallest absolute Gasteiger partial charge is 0.165 e. The van der Waals surface area contributed by atoms with E-state index < -0.39 is 0 Å². The van der Waals surface area contributed by atoms with Crippen LogP contribution < -0.4 is 0 Å². The number of hydrogen-bond acceptors (Lipinski definition) is 1. The average Bonchev–Trinajstić information content (AvgIpc) is 2.71. The number of benzene rings is 1. The molecule has 4 heteroatoms. The number of rotatable bonds is 1. The summed E-state index contributed by atoms with van der Waals surface area (Å²) in [6.07, 6.45) is 3.37. The Bertz CT molecular complexity index is 700. The van der Waals surface area contributed by atoms with Crippen LogP contribution in [-0.4, -0.2) is 10.4 Å². The molecule has 0 N–H and O–H groups in total. The Balaban J connectivity index is 2.16. The highest BCUT2D eigenvalue weighted by Gasteiger charge is 2.33. The van der Waals surface area contributed by atoms with Gasteiger partial charge in [-0.1, -0.05) is 37.0 Å². The van der Waals surface area contributed by atoms with E-state index in [1.807, 2.05) is 29.0 Å². The van der Waals surface area contributed by atoms with E-state index in [0.717, 1.165) is 23.4 Å². The number of Topliss-reactive ketones (excluding diaryl/α,β-unsaturated/α-hetero) is 1. The fourth-order valence-electron chi connectivity index (χ4n) is 2.85. The van der Waals surface area contributed by atoms with Crippen LogP contribution in [0, 0.1) is 5.41 Å². The SMILES string of the molecule is CC1(C)CC(=O)c2ccn(-c3ccc(Cl)cc3Cl)c2C1. The van der Waals surface area contributed by atoms with Crippen molar-refractivity contribution < 1.29 is 4.79 Å². The average molecular weight is 308 g/mol. The van der Waals surface area contributed by atoms with E-state index in [-0.39, 0.29) is 11.2 Å². The van der Waals surface area contributed by atoms with E-state index in [4.69, 9.17) is 23.2 Å². The molecule has 1 aliphatic rings. The summed E-state index contributed by atoms with van der Waals surface area (Å²) in [5.41, 5.74) is 2.70. The molecule has 3 rings (SSSR count). The molecule has 0 radical (unpaired) electrons. The molecule has 0 bridgehead atoms. The maximum Gasteiger partial charge on any atom is 0.165 e. The minimum absolute atomic E-state index is 0.0148. The molecule has 0 amide bonds. The zero-order valence-corrected chi connectivity index (χ0v) is 12.9. The molecule has 0 unspecified atom stereocenters. The number of carbonyl (C=O) groups is 1. The van der Waals surface area contributed by atoms with E-state index in [1.165, 1.54) is 0 Å². The van der Waals surface area contributed by atoms with Crippen LogP contribution in [-0.2, 0) is 6.42 Å². The second kappa shape index (κ2) is 4.64. The number of carbonyl (C=O) groups excluding carboxylic acids is 1. The number of aromatic nitrogens is 1. The summed E-state index contributed by atoms with van der Waals surface area (Å²) in [4.78, 5) is 12.2. The molecule has 104 valence electrons. The lowest BCUT2D eigenvalue weighted by Crippen LogP contribution is -2.27. The summed E-state index contributed by atoms with van der Waals surface area (Å²) in [6.45, 7) is 4.24. The molecule has 1 heterocycles. The molecule has 0 saturated carbocycles. The molecule has 0 aliphatic heterocycles. The van der Waals surface area contributed by atoms with Crippen LogP contribution >= 0.6 is 23.2 Å². The van der Waals surface area contributed by atoms with Gasteiger partial charge in [-0.25, -0.2) is 0 Å². The van der Waals surface area contributed by atoms with Crippen LogP contribution in [0.2, 0.25) is 10.0 Å². The van der Waals surface area contributed by atoms with Crippen molar-refractivity contribution in [2.45, 2.75) is 26.7 Å². The Labute approximate surface area is 128 Å². The summed E-state index contributed by atoms with van der Waals surface area (Å²) < 4.78 is 2.01. The van der Waals surface area contributed by atoms with Gasteiger partial charge in [0.2, 0.25) is 0 Å². The van der Waals surface area contributed by atoms with E-state index in [1.54, 1.807) is 6.07 Å². The van der Waals surface area contributed by atoms with Crippen LogP contribution in [0.15, 0.2) is 30.5 Å². The Morgan fingerprint density at radius 2 is 1.90 bits per heavy atom. The van der Waals surface area contributed by atoms with Crippen molar-refractivity contribution in [3.8, 4) is 5.69 Å². The maximum absolute atomic E-state index is 12.2. The second-order valence-electron chi connectivity index (χ2n) is 6.08. The lowest BCUT2D eigenvalue weighted by molar-refractivity contribution is 0.0911. The third-order valence-electron chi connectivity index (χ3n) is 3.75. The first-order chi connectivity index (χ1) is 9.37. The van der Waals surface area contributed by atoms with Gasteiger partial charge in [-0.05, 0) is 36.1 Å². The summed E-state index contributed by atoms with van der Waals surface area (Å²) in [6, 6.07) is 7.31. The van der Waals surface area contributed by atoms with Gasteiger partial charge in [0.25, 0.3) is 0 Å². The first-order valence-electron chi connectivity index (χ1n) is 6.56. The highest BCUT2D eigenvalue weighted by Crippen LogP contribution is 2.37. The van der Waals surface area contributed by atoms with Gasteiger partial charge in [-0.15, -0.1) is 0 Å². The molecule has 1 aromatic carbocycles. The zero-order chi connectivity index (χ0) is 14.5. The van der Waals surface area contributed by atoms with Crippen LogP contribution in [0.4, 0.5) is 0 Å². The Kier molecular flexibility index (Phi) is 3.19. The molecule has 1 aliphatic carbocycles. The molecule has 0 saturated heterocycles. The molecule has 2 nitrogen and oxygen atoms in total. The van der Waals surface area contributed by atoms with Crippen molar-refractivity contribution in [2.24, 2.45) is 5.41 Å². The first-order valence-corrected chi connectivity index (χ1v) is 7.32. The third kappa shape index (κ3) is 2.27. The fourth-order valence-corrected chi connectivity index (χ4v) is 3.35. The van der Waals surface area contributed by atoms with Gasteiger partial charge in [-0.3, -0.25) is 4.79 Å². The summed E-state index contributed by atoms with van der Waals surface area (Å²) in [5.74, 6) is 0.208. The summed E-state index contributed by atoms with van der Waals surface area (Å²) in [5, 5.41) is 1.20. The van der Waals surface area contributed by atoms with Gasteiger partial charge in [0.1, 0.15) is 0 Å². The Morgan fingerprint density at radius 1 is 1.15 bits per heavy atom. The van der Waals surface area contributed by atoms with Gasteiger partial charge in [0.15, 0.2) is 5.78 Å². The first kappa shape index (κ1) is 13.7. The predicted octanol–water partition coefficient (Wildman–Crippen LogP) is 4.94. The van der Waals surface area contributed by atoms with Crippen LogP contribution in [0.25, 0.3) is 5.69 Å². The monoisotopic (exact) mass is 307 g/mol. The van der Waals surface area contributed by atoms with E-state index in [2.05, 4.69) is 13.8 Å². The van der Waals surface area contributed by atoms with Crippen molar-refractivity contribution in [3.05, 3.63) is 51.8 Å². The van der Waals surface area contributed by atoms with Gasteiger partial charge in [0.05, 0.1) is 10.7 Å². The number of hydrogen-bond donors (Lipinski definition) is 0. The van der Waals surface area contributed by atoms with Gasteiger partial charge in [0, 0.05) is 28.9 Å². The summed E-state index contributed by atoms with van der Waals surface area (Å²) >= 11 is 12.2. The minimum atomic E-state index is -0.0148. The number of halogens is 2. The van der Waals surface area contributed by atoms with Gasteiger partial charge >= 0.3 is 0 Å². The van der Waals surface area contributed by atoms with Crippen LogP contribution in [0.3, 0.4) is 0 Å². The normalized spacial score (nSPS) is 17.1. The molecule has 20 heavy (non-hydrogen) atoms. The lowest BCUT2D eigenvalue weighted by Gasteiger charge is -2.29. The van der Waals surface area contributed by atoms with E-state index in [0.29, 0.717) is 16.5 Å². The molecule has 0 spiro atoms. The van der Waals surface area contributed by atoms with Gasteiger partial charge in [-0.2, -0.15) is 0 Å². The van der Waals surface area contributed by atoms with E-state index >= 15 is 0 Å². The highest BCUT2D eigenvalue weighted by molar-refractivity contribution is 6.35. The number of nitrogens with zero attached hydrogens (tertiary/aromatic N) is 1. The third-order valence-corrected chi connectivity index (χ3v) is 4.28. The fraction of sp³-hybridized carbons (Fsp3) is 0.312. The highest BCUT2D eigenvalue weighted by atomic mass is 35.5. The largest absolute Gasteiger partial charge is 0.319 e. The van der Waals surface area contributed by atoms with E-state index in [9.17, 15) is 4.79 Å². The molecule has 1 aromatic heterocycles. The van der Waals surface area contributed by atoms with Crippen molar-refractivity contribution >= 4 is 29.0 Å². The zero-order valence-electron chi connectivity index (χ0n) is 11.4. The summed E-state index contributed by atoms with van der Waals surface area (Å²) in [7, 11) is 0. The molecule has 0 atom stereocenters. The number of fused-ring (bicyclic) bond motifs is 1. The second-order valence-corrected chi connectivity index (χ2v) is 6.93. The molecular weight excluding hydrogens is 293 g/mol. The standard InChI is InChI=1S/C16H15Cl2NO/c1-16(2)8-14-11(15(20)9-16)5-6-19(14)13-4-3-10(17)7-12(13)18/h3-7H,8-9H2,1-2H3. The minimum Gasteiger partial charge on any atom is -0.319 e. The topological polar surface area (TPSA) is 22.0 Å². The maximum atomic E-state index is 12.2. The molecule has 2 aromatic rings. The van der Waals surface area contributed by atoms with Crippen molar-refractivity contribution in [2.75, 3.05) is 0 Å². The van der Waals surface area contributed by atoms with Crippen LogP contribution in [0.5, 0.6) is 0 Å². The van der Waals surface area contributed by atoms with Crippen molar-refractivity contribution in [3.63, 3.8) is 0 Å². The Hall–Kier alpha value is -1.25.